The number of carbonyl (C=O) groups excluding carboxylic acids is 1. The van der Waals surface area contributed by atoms with Gasteiger partial charge in [-0.25, -0.2) is 0 Å². The van der Waals surface area contributed by atoms with Gasteiger partial charge in [0.1, 0.15) is 6.29 Å². The Labute approximate surface area is 74.3 Å². The SMILES string of the molecule is CCC[C@](C)(C=O)C/C(C)=C/O. The quantitative estimate of drug-likeness (QED) is 0.509. The number of aldehydes is 1. The molecule has 0 fully saturated rings. The summed E-state index contributed by atoms with van der Waals surface area (Å²) in [4.78, 5) is 10.8. The van der Waals surface area contributed by atoms with Gasteiger partial charge in [0, 0.05) is 5.41 Å². The summed E-state index contributed by atoms with van der Waals surface area (Å²) in [6.45, 7) is 5.81. The third kappa shape index (κ3) is 3.56. The molecule has 0 saturated carbocycles. The maximum absolute atomic E-state index is 10.8. The molecule has 0 rings (SSSR count). The van der Waals surface area contributed by atoms with Crippen molar-refractivity contribution < 1.29 is 9.90 Å². The van der Waals surface area contributed by atoms with Crippen molar-refractivity contribution in [1.82, 2.24) is 0 Å². The third-order valence-electron chi connectivity index (χ3n) is 2.01. The lowest BCUT2D eigenvalue weighted by Crippen LogP contribution is -2.18. The number of aliphatic hydroxyl groups is 1. The molecule has 2 nitrogen and oxygen atoms in total. The van der Waals surface area contributed by atoms with Crippen LogP contribution in [0.2, 0.25) is 0 Å². The average Bonchev–Trinajstić information content (AvgIpc) is 2.05. The number of hydrogen-bond acceptors (Lipinski definition) is 2. The highest BCUT2D eigenvalue weighted by Gasteiger charge is 2.22. The van der Waals surface area contributed by atoms with Crippen LogP contribution in [0.4, 0.5) is 0 Å². The van der Waals surface area contributed by atoms with E-state index in [0.29, 0.717) is 6.42 Å². The fraction of sp³-hybridized carbons (Fsp3) is 0.700. The highest BCUT2D eigenvalue weighted by molar-refractivity contribution is 5.59. The van der Waals surface area contributed by atoms with Gasteiger partial charge in [0.25, 0.3) is 0 Å². The molecule has 1 atom stereocenters. The standard InChI is InChI=1S/C10H18O2/c1-4-5-10(3,8-12)6-9(2)7-11/h7-8,11H,4-6H2,1-3H3/b9-7+/t10-/m0/s1. The largest absolute Gasteiger partial charge is 0.516 e. The van der Waals surface area contributed by atoms with Gasteiger partial charge in [0.05, 0.1) is 6.26 Å². The molecule has 0 heterocycles. The molecule has 70 valence electrons. The van der Waals surface area contributed by atoms with Gasteiger partial charge in [-0.15, -0.1) is 0 Å². The van der Waals surface area contributed by atoms with Gasteiger partial charge in [0.2, 0.25) is 0 Å². The predicted octanol–water partition coefficient (Wildman–Crippen LogP) is 2.84. The first-order valence-electron chi connectivity index (χ1n) is 4.34. The molecule has 0 bridgehead atoms. The van der Waals surface area contributed by atoms with Crippen molar-refractivity contribution in [2.45, 2.75) is 40.0 Å². The van der Waals surface area contributed by atoms with Crippen LogP contribution in [0.15, 0.2) is 11.8 Å². The molecule has 0 radical (unpaired) electrons. The zero-order chi connectivity index (χ0) is 9.61. The number of allylic oxidation sites excluding steroid dienone is 1. The van der Waals surface area contributed by atoms with Gasteiger partial charge in [-0.2, -0.15) is 0 Å². The summed E-state index contributed by atoms with van der Waals surface area (Å²) in [5, 5.41) is 8.68. The van der Waals surface area contributed by atoms with Crippen LogP contribution < -0.4 is 0 Å². The van der Waals surface area contributed by atoms with Gasteiger partial charge < -0.3 is 9.90 Å². The van der Waals surface area contributed by atoms with Crippen LogP contribution in [0, 0.1) is 5.41 Å². The van der Waals surface area contributed by atoms with Crippen LogP contribution in [0.1, 0.15) is 40.0 Å². The second-order valence-corrected chi connectivity index (χ2v) is 3.67. The monoisotopic (exact) mass is 170 g/mol. The lowest BCUT2D eigenvalue weighted by Gasteiger charge is -2.21. The summed E-state index contributed by atoms with van der Waals surface area (Å²) in [5.41, 5.74) is 0.566. The van der Waals surface area contributed by atoms with Gasteiger partial charge in [-0.3, -0.25) is 0 Å². The van der Waals surface area contributed by atoms with Gasteiger partial charge in [0.15, 0.2) is 0 Å². The number of hydrogen-bond donors (Lipinski definition) is 1. The van der Waals surface area contributed by atoms with Crippen molar-refractivity contribution in [3.8, 4) is 0 Å². The van der Waals surface area contributed by atoms with Crippen molar-refractivity contribution >= 4 is 6.29 Å². The zero-order valence-electron chi connectivity index (χ0n) is 8.13. The molecule has 0 aliphatic rings. The summed E-state index contributed by atoms with van der Waals surface area (Å²) in [6, 6.07) is 0. The minimum absolute atomic E-state index is 0.294. The van der Waals surface area contributed by atoms with Crippen LogP contribution in [0.3, 0.4) is 0 Å². The minimum Gasteiger partial charge on any atom is -0.516 e. The Kier molecular flexibility index (Phi) is 4.64. The first-order chi connectivity index (χ1) is 5.58. The average molecular weight is 170 g/mol. The highest BCUT2D eigenvalue weighted by atomic mass is 16.2. The molecule has 0 aliphatic heterocycles. The zero-order valence-corrected chi connectivity index (χ0v) is 8.13. The Morgan fingerprint density at radius 3 is 2.50 bits per heavy atom. The molecular formula is C10H18O2. The summed E-state index contributed by atoms with van der Waals surface area (Å²) in [6.07, 6.45) is 4.59. The van der Waals surface area contributed by atoms with Crippen molar-refractivity contribution in [3.63, 3.8) is 0 Å². The summed E-state index contributed by atoms with van der Waals surface area (Å²) in [7, 11) is 0. The minimum atomic E-state index is -0.294. The maximum Gasteiger partial charge on any atom is 0.126 e. The van der Waals surface area contributed by atoms with Crippen molar-refractivity contribution in [2.75, 3.05) is 0 Å². The molecule has 0 aromatic rings. The Morgan fingerprint density at radius 2 is 2.17 bits per heavy atom. The van der Waals surface area contributed by atoms with Crippen LogP contribution in [-0.4, -0.2) is 11.4 Å². The van der Waals surface area contributed by atoms with E-state index in [9.17, 15) is 4.79 Å². The molecule has 0 aromatic carbocycles. The third-order valence-corrected chi connectivity index (χ3v) is 2.01. The molecule has 0 spiro atoms. The second-order valence-electron chi connectivity index (χ2n) is 3.67. The van der Waals surface area contributed by atoms with Crippen LogP contribution in [-0.2, 0) is 4.79 Å². The Bertz CT molecular complexity index is 173. The predicted molar refractivity (Wildman–Crippen MR) is 50.1 cm³/mol. The number of rotatable bonds is 5. The van der Waals surface area contributed by atoms with Gasteiger partial charge in [-0.05, 0) is 25.3 Å². The van der Waals surface area contributed by atoms with E-state index in [1.54, 1.807) is 0 Å². The van der Waals surface area contributed by atoms with Gasteiger partial charge >= 0.3 is 0 Å². The molecule has 1 N–H and O–H groups in total. The van der Waals surface area contributed by atoms with Crippen LogP contribution in [0.5, 0.6) is 0 Å². The van der Waals surface area contributed by atoms with E-state index in [1.165, 1.54) is 0 Å². The van der Waals surface area contributed by atoms with E-state index in [1.807, 2.05) is 13.8 Å². The van der Waals surface area contributed by atoms with E-state index in [0.717, 1.165) is 31.0 Å². The summed E-state index contributed by atoms with van der Waals surface area (Å²) in [5.74, 6) is 0. The number of carbonyl (C=O) groups is 1. The van der Waals surface area contributed by atoms with Crippen LogP contribution >= 0.6 is 0 Å². The lowest BCUT2D eigenvalue weighted by molar-refractivity contribution is -0.115. The highest BCUT2D eigenvalue weighted by Crippen LogP contribution is 2.28. The molecule has 0 amide bonds. The second kappa shape index (κ2) is 4.96. The topological polar surface area (TPSA) is 37.3 Å². The molecule has 0 unspecified atom stereocenters. The molecular weight excluding hydrogens is 152 g/mol. The van der Waals surface area contributed by atoms with Crippen molar-refractivity contribution in [1.29, 1.82) is 0 Å². The van der Waals surface area contributed by atoms with Crippen LogP contribution in [0.25, 0.3) is 0 Å². The normalized spacial score (nSPS) is 17.1. The molecule has 0 saturated heterocycles. The fourth-order valence-electron chi connectivity index (χ4n) is 1.44. The Morgan fingerprint density at radius 1 is 1.58 bits per heavy atom. The smallest absolute Gasteiger partial charge is 0.126 e. The fourth-order valence-corrected chi connectivity index (χ4v) is 1.44. The molecule has 2 heteroatoms. The van der Waals surface area contributed by atoms with Crippen molar-refractivity contribution in [3.05, 3.63) is 11.8 Å². The van der Waals surface area contributed by atoms with E-state index in [4.69, 9.17) is 5.11 Å². The lowest BCUT2D eigenvalue weighted by atomic mass is 9.82. The first-order valence-corrected chi connectivity index (χ1v) is 4.34. The first kappa shape index (κ1) is 11.2. The van der Waals surface area contributed by atoms with Crippen molar-refractivity contribution in [2.24, 2.45) is 5.41 Å². The summed E-state index contributed by atoms with van der Waals surface area (Å²) < 4.78 is 0. The maximum atomic E-state index is 10.8. The Balaban J connectivity index is 4.23. The molecule has 0 aromatic heterocycles. The molecule has 0 aliphatic carbocycles. The van der Waals surface area contributed by atoms with E-state index < -0.39 is 0 Å². The van der Waals surface area contributed by atoms with E-state index in [2.05, 4.69) is 6.92 Å². The summed E-state index contributed by atoms with van der Waals surface area (Å²) >= 11 is 0. The Hall–Kier alpha value is -0.790. The molecule has 12 heavy (non-hydrogen) atoms. The van der Waals surface area contributed by atoms with E-state index in [-0.39, 0.29) is 5.41 Å². The van der Waals surface area contributed by atoms with Gasteiger partial charge in [-0.1, -0.05) is 20.3 Å². The number of aliphatic hydroxyl groups excluding tert-OH is 1. The van der Waals surface area contributed by atoms with E-state index >= 15 is 0 Å².